The summed E-state index contributed by atoms with van der Waals surface area (Å²) in [6.07, 6.45) is 1.65. The van der Waals surface area contributed by atoms with Gasteiger partial charge >= 0.3 is 0 Å². The molecule has 2 heterocycles. The van der Waals surface area contributed by atoms with Gasteiger partial charge in [0.15, 0.2) is 11.5 Å². The summed E-state index contributed by atoms with van der Waals surface area (Å²) < 4.78 is 0. The van der Waals surface area contributed by atoms with Crippen molar-refractivity contribution >= 4 is 16.7 Å². The van der Waals surface area contributed by atoms with Gasteiger partial charge in [-0.3, -0.25) is 5.10 Å². The molecule has 3 aromatic rings. The Bertz CT molecular complexity index is 649. The molecule has 3 rings (SSSR count). The number of aryl methyl sites for hydroxylation is 1. The molecule has 80 valence electrons. The maximum Gasteiger partial charge on any atom is 0.161 e. The Morgan fingerprint density at radius 1 is 1.31 bits per heavy atom. The van der Waals surface area contributed by atoms with Gasteiger partial charge in [-0.25, -0.2) is 4.98 Å². The van der Waals surface area contributed by atoms with Crippen LogP contribution >= 0.6 is 0 Å². The number of imidazole rings is 1. The zero-order valence-corrected chi connectivity index (χ0v) is 8.78. The minimum Gasteiger partial charge on any atom is -0.396 e. The van der Waals surface area contributed by atoms with Crippen LogP contribution in [0.2, 0.25) is 0 Å². The normalized spacial score (nSPS) is 11.1. The number of H-pyrrole nitrogens is 2. The highest BCUT2D eigenvalue weighted by atomic mass is 15.1. The molecular formula is C11H11N5. The molecule has 5 heteroatoms. The number of nitrogen functional groups attached to an aromatic ring is 1. The molecule has 0 radical (unpaired) electrons. The van der Waals surface area contributed by atoms with E-state index in [9.17, 15) is 0 Å². The lowest BCUT2D eigenvalue weighted by atomic mass is 10.2. The number of anilines is 1. The Kier molecular flexibility index (Phi) is 1.73. The van der Waals surface area contributed by atoms with E-state index in [4.69, 9.17) is 5.73 Å². The number of rotatable bonds is 1. The topological polar surface area (TPSA) is 83.4 Å². The van der Waals surface area contributed by atoms with E-state index in [0.29, 0.717) is 17.2 Å². The second-order valence-corrected chi connectivity index (χ2v) is 3.80. The van der Waals surface area contributed by atoms with E-state index in [1.54, 1.807) is 6.20 Å². The molecule has 0 spiro atoms. The number of nitrogens with two attached hydrogens (primary N) is 1. The summed E-state index contributed by atoms with van der Waals surface area (Å²) in [5, 5.41) is 6.78. The lowest BCUT2D eigenvalue weighted by Gasteiger charge is -1.89. The average Bonchev–Trinajstić information content (AvgIpc) is 2.82. The van der Waals surface area contributed by atoms with E-state index in [0.717, 1.165) is 11.0 Å². The fraction of sp³-hybridized carbons (Fsp3) is 0.0909. The molecule has 0 saturated heterocycles. The highest BCUT2D eigenvalue weighted by Crippen LogP contribution is 2.23. The van der Waals surface area contributed by atoms with Crippen LogP contribution < -0.4 is 5.73 Å². The van der Waals surface area contributed by atoms with Gasteiger partial charge in [0.25, 0.3) is 0 Å². The number of hydrogen-bond donors (Lipinski definition) is 3. The third-order valence-electron chi connectivity index (χ3n) is 2.53. The molecule has 0 bridgehead atoms. The average molecular weight is 213 g/mol. The van der Waals surface area contributed by atoms with Gasteiger partial charge in [-0.05, 0) is 24.6 Å². The molecule has 2 aromatic heterocycles. The van der Waals surface area contributed by atoms with Gasteiger partial charge in [-0.1, -0.05) is 6.07 Å². The number of benzene rings is 1. The quantitative estimate of drug-likeness (QED) is 0.576. The fourth-order valence-electron chi connectivity index (χ4n) is 1.72. The first-order chi connectivity index (χ1) is 7.74. The number of fused-ring (bicyclic) bond motifs is 1. The zero-order chi connectivity index (χ0) is 11.1. The minimum atomic E-state index is 0.593. The molecule has 0 amide bonds. The second-order valence-electron chi connectivity index (χ2n) is 3.80. The van der Waals surface area contributed by atoms with E-state index in [1.807, 2.05) is 25.1 Å². The second kappa shape index (κ2) is 3.10. The van der Waals surface area contributed by atoms with Crippen molar-refractivity contribution in [3.8, 4) is 11.5 Å². The molecule has 0 atom stereocenters. The van der Waals surface area contributed by atoms with Crippen LogP contribution in [-0.2, 0) is 0 Å². The maximum atomic E-state index is 5.77. The largest absolute Gasteiger partial charge is 0.396 e. The number of aromatic nitrogens is 4. The van der Waals surface area contributed by atoms with Crippen LogP contribution in [0.1, 0.15) is 5.56 Å². The number of nitrogens with zero attached hydrogens (tertiary/aromatic N) is 2. The summed E-state index contributed by atoms with van der Waals surface area (Å²) in [7, 11) is 0. The van der Waals surface area contributed by atoms with Crippen LogP contribution in [0.25, 0.3) is 22.6 Å². The smallest absolute Gasteiger partial charge is 0.161 e. The van der Waals surface area contributed by atoms with Crippen molar-refractivity contribution in [3.63, 3.8) is 0 Å². The van der Waals surface area contributed by atoms with Crippen molar-refractivity contribution in [1.82, 2.24) is 20.2 Å². The van der Waals surface area contributed by atoms with Gasteiger partial charge in [0.2, 0.25) is 0 Å². The van der Waals surface area contributed by atoms with Crippen LogP contribution in [0.3, 0.4) is 0 Å². The van der Waals surface area contributed by atoms with Gasteiger partial charge < -0.3 is 10.7 Å². The first-order valence-corrected chi connectivity index (χ1v) is 5.00. The van der Waals surface area contributed by atoms with Crippen molar-refractivity contribution in [2.75, 3.05) is 5.73 Å². The van der Waals surface area contributed by atoms with Gasteiger partial charge in [-0.2, -0.15) is 5.10 Å². The van der Waals surface area contributed by atoms with Gasteiger partial charge in [0.1, 0.15) is 0 Å². The highest BCUT2D eigenvalue weighted by Gasteiger charge is 2.10. The number of hydrogen-bond acceptors (Lipinski definition) is 3. The predicted molar refractivity (Wildman–Crippen MR) is 62.8 cm³/mol. The molecule has 0 unspecified atom stereocenters. The fourth-order valence-corrected chi connectivity index (χ4v) is 1.72. The summed E-state index contributed by atoms with van der Waals surface area (Å²) in [6.45, 7) is 2.04. The third kappa shape index (κ3) is 1.25. The molecule has 0 saturated carbocycles. The third-order valence-corrected chi connectivity index (χ3v) is 2.53. The van der Waals surface area contributed by atoms with E-state index < -0.39 is 0 Å². The molecule has 4 N–H and O–H groups in total. The Balaban J connectivity index is 2.23. The van der Waals surface area contributed by atoms with Crippen LogP contribution in [-0.4, -0.2) is 20.2 Å². The zero-order valence-electron chi connectivity index (χ0n) is 8.78. The van der Waals surface area contributed by atoms with Gasteiger partial charge in [-0.15, -0.1) is 0 Å². The lowest BCUT2D eigenvalue weighted by molar-refractivity contribution is 1.08. The maximum absolute atomic E-state index is 5.77. The van der Waals surface area contributed by atoms with Crippen LogP contribution in [0.4, 0.5) is 5.69 Å². The van der Waals surface area contributed by atoms with E-state index in [2.05, 4.69) is 20.2 Å². The van der Waals surface area contributed by atoms with Crippen LogP contribution in [0.5, 0.6) is 0 Å². The number of aromatic amines is 2. The first kappa shape index (κ1) is 8.96. The van der Waals surface area contributed by atoms with Gasteiger partial charge in [0, 0.05) is 6.20 Å². The van der Waals surface area contributed by atoms with Crippen molar-refractivity contribution < 1.29 is 0 Å². The predicted octanol–water partition coefficient (Wildman–Crippen LogP) is 1.84. The highest BCUT2D eigenvalue weighted by molar-refractivity contribution is 5.81. The molecule has 0 aliphatic carbocycles. The first-order valence-electron chi connectivity index (χ1n) is 5.00. The van der Waals surface area contributed by atoms with Gasteiger partial charge in [0.05, 0.1) is 16.7 Å². The Morgan fingerprint density at radius 2 is 2.19 bits per heavy atom. The Hall–Kier alpha value is -2.30. The summed E-state index contributed by atoms with van der Waals surface area (Å²) in [4.78, 5) is 7.65. The monoisotopic (exact) mass is 213 g/mol. The molecule has 16 heavy (non-hydrogen) atoms. The Morgan fingerprint density at radius 3 is 2.94 bits per heavy atom. The summed E-state index contributed by atoms with van der Waals surface area (Å²) in [5.41, 5.74) is 10.1. The molecular weight excluding hydrogens is 202 g/mol. The van der Waals surface area contributed by atoms with E-state index >= 15 is 0 Å². The van der Waals surface area contributed by atoms with Crippen molar-refractivity contribution in [2.24, 2.45) is 0 Å². The molecule has 1 aromatic carbocycles. The van der Waals surface area contributed by atoms with Crippen LogP contribution in [0, 0.1) is 6.92 Å². The molecule has 0 aliphatic heterocycles. The summed E-state index contributed by atoms with van der Waals surface area (Å²) >= 11 is 0. The summed E-state index contributed by atoms with van der Waals surface area (Å²) in [6, 6.07) is 6.07. The SMILES string of the molecule is Cc1ccc2[nH]c(-c3n[nH]cc3N)nc2c1. The van der Waals surface area contributed by atoms with Crippen LogP contribution in [0.15, 0.2) is 24.4 Å². The number of nitrogens with one attached hydrogen (secondary N) is 2. The van der Waals surface area contributed by atoms with E-state index in [1.165, 1.54) is 5.56 Å². The standard InChI is InChI=1S/C11H11N5/c1-6-2-3-8-9(4-6)15-11(14-8)10-7(12)5-13-16-10/h2-5H,12H2,1H3,(H,13,16)(H,14,15). The molecule has 5 nitrogen and oxygen atoms in total. The van der Waals surface area contributed by atoms with Crippen molar-refractivity contribution in [1.29, 1.82) is 0 Å². The summed E-state index contributed by atoms with van der Waals surface area (Å²) in [5.74, 6) is 0.694. The Labute approximate surface area is 91.7 Å². The van der Waals surface area contributed by atoms with Crippen molar-refractivity contribution in [2.45, 2.75) is 6.92 Å². The van der Waals surface area contributed by atoms with E-state index in [-0.39, 0.29) is 0 Å². The lowest BCUT2D eigenvalue weighted by Crippen LogP contribution is -1.87. The molecule has 0 fully saturated rings. The minimum absolute atomic E-state index is 0.593. The van der Waals surface area contributed by atoms with Crippen molar-refractivity contribution in [3.05, 3.63) is 30.0 Å². The molecule has 0 aliphatic rings.